The number of hydrogen-bond acceptors (Lipinski definition) is 2. The summed E-state index contributed by atoms with van der Waals surface area (Å²) in [4.78, 5) is 0. The molecule has 0 saturated carbocycles. The average Bonchev–Trinajstić information content (AvgIpc) is 2.73. The highest BCUT2D eigenvalue weighted by atomic mass is 19.1. The lowest BCUT2D eigenvalue weighted by Crippen LogP contribution is -2.20. The molecule has 1 heterocycles. The highest BCUT2D eigenvalue weighted by molar-refractivity contribution is 5.41. The van der Waals surface area contributed by atoms with E-state index in [4.69, 9.17) is 5.73 Å². The van der Waals surface area contributed by atoms with Crippen LogP contribution in [0, 0.1) is 5.82 Å². The second-order valence-electron chi connectivity index (χ2n) is 3.87. The van der Waals surface area contributed by atoms with Crippen LogP contribution in [0.4, 0.5) is 4.39 Å². The van der Waals surface area contributed by atoms with Gasteiger partial charge in [-0.1, -0.05) is 6.07 Å². The molecule has 0 aliphatic carbocycles. The van der Waals surface area contributed by atoms with Crippen LogP contribution in [0.3, 0.4) is 0 Å². The molecule has 2 rings (SSSR count). The second kappa shape index (κ2) is 4.45. The molecule has 1 atom stereocenters. The Kier molecular flexibility index (Phi) is 3.01. The van der Waals surface area contributed by atoms with Gasteiger partial charge in [0.15, 0.2) is 0 Å². The summed E-state index contributed by atoms with van der Waals surface area (Å²) in [5, 5.41) is 4.10. The van der Waals surface area contributed by atoms with Crippen molar-refractivity contribution in [2.45, 2.75) is 19.4 Å². The minimum Gasteiger partial charge on any atom is -0.328 e. The zero-order valence-corrected chi connectivity index (χ0v) is 9.10. The minimum atomic E-state index is -0.231. The highest BCUT2D eigenvalue weighted by Crippen LogP contribution is 2.18. The fourth-order valence-electron chi connectivity index (χ4n) is 1.70. The van der Waals surface area contributed by atoms with Crippen LogP contribution in [-0.2, 0) is 6.42 Å². The highest BCUT2D eigenvalue weighted by Gasteiger charge is 2.11. The Labute approximate surface area is 93.7 Å². The van der Waals surface area contributed by atoms with Gasteiger partial charge in [-0.25, -0.2) is 9.07 Å². The quantitative estimate of drug-likeness (QED) is 0.856. The SMILES string of the molecule is CC(N)Cc1c(F)cccc1-n1cccn1. The third kappa shape index (κ3) is 2.12. The molecule has 0 aliphatic heterocycles. The molecule has 0 saturated heterocycles. The van der Waals surface area contributed by atoms with Gasteiger partial charge in [-0.05, 0) is 31.5 Å². The molecule has 1 aromatic heterocycles. The molecular weight excluding hydrogens is 205 g/mol. The zero-order valence-electron chi connectivity index (χ0n) is 9.10. The van der Waals surface area contributed by atoms with E-state index in [1.54, 1.807) is 29.2 Å². The van der Waals surface area contributed by atoms with Gasteiger partial charge in [0.25, 0.3) is 0 Å². The Morgan fingerprint density at radius 2 is 2.25 bits per heavy atom. The van der Waals surface area contributed by atoms with E-state index in [2.05, 4.69) is 5.10 Å². The molecule has 16 heavy (non-hydrogen) atoms. The number of nitrogens with zero attached hydrogens (tertiary/aromatic N) is 2. The summed E-state index contributed by atoms with van der Waals surface area (Å²) in [6.07, 6.45) is 3.96. The van der Waals surface area contributed by atoms with Crippen LogP contribution < -0.4 is 5.73 Å². The molecule has 0 fully saturated rings. The predicted molar refractivity (Wildman–Crippen MR) is 60.9 cm³/mol. The Balaban J connectivity index is 2.48. The van der Waals surface area contributed by atoms with Crippen LogP contribution in [0.15, 0.2) is 36.7 Å². The Morgan fingerprint density at radius 3 is 2.88 bits per heavy atom. The first-order chi connectivity index (χ1) is 7.68. The summed E-state index contributed by atoms with van der Waals surface area (Å²) in [5.74, 6) is -0.231. The lowest BCUT2D eigenvalue weighted by molar-refractivity contribution is 0.592. The Hall–Kier alpha value is -1.68. The van der Waals surface area contributed by atoms with E-state index in [0.29, 0.717) is 12.0 Å². The van der Waals surface area contributed by atoms with Gasteiger partial charge in [-0.2, -0.15) is 5.10 Å². The van der Waals surface area contributed by atoms with Crippen LogP contribution in [0.5, 0.6) is 0 Å². The van der Waals surface area contributed by atoms with Gasteiger partial charge in [-0.3, -0.25) is 0 Å². The summed E-state index contributed by atoms with van der Waals surface area (Å²) < 4.78 is 15.4. The van der Waals surface area contributed by atoms with E-state index in [0.717, 1.165) is 5.69 Å². The van der Waals surface area contributed by atoms with Gasteiger partial charge < -0.3 is 5.73 Å². The molecule has 1 aromatic carbocycles. The first-order valence-electron chi connectivity index (χ1n) is 5.21. The number of hydrogen-bond donors (Lipinski definition) is 1. The van der Waals surface area contributed by atoms with Gasteiger partial charge in [0.1, 0.15) is 5.82 Å². The van der Waals surface area contributed by atoms with Crippen molar-refractivity contribution in [3.8, 4) is 5.69 Å². The molecule has 2 aromatic rings. The lowest BCUT2D eigenvalue weighted by Gasteiger charge is -2.12. The van der Waals surface area contributed by atoms with Crippen LogP contribution in [0.1, 0.15) is 12.5 Å². The van der Waals surface area contributed by atoms with Crippen molar-refractivity contribution in [3.63, 3.8) is 0 Å². The van der Waals surface area contributed by atoms with Gasteiger partial charge in [0.05, 0.1) is 5.69 Å². The van der Waals surface area contributed by atoms with Gasteiger partial charge in [0.2, 0.25) is 0 Å². The third-order valence-electron chi connectivity index (χ3n) is 2.37. The largest absolute Gasteiger partial charge is 0.328 e. The average molecular weight is 219 g/mol. The molecule has 3 nitrogen and oxygen atoms in total. The van der Waals surface area contributed by atoms with Crippen LogP contribution in [0.25, 0.3) is 5.69 Å². The van der Waals surface area contributed by atoms with E-state index in [-0.39, 0.29) is 11.9 Å². The van der Waals surface area contributed by atoms with E-state index in [9.17, 15) is 4.39 Å². The molecule has 4 heteroatoms. The molecule has 0 radical (unpaired) electrons. The van der Waals surface area contributed by atoms with Gasteiger partial charge in [0, 0.05) is 24.0 Å². The normalized spacial score (nSPS) is 12.7. The zero-order chi connectivity index (χ0) is 11.5. The Bertz CT molecular complexity index is 463. The molecule has 84 valence electrons. The maximum atomic E-state index is 13.7. The second-order valence-corrected chi connectivity index (χ2v) is 3.87. The van der Waals surface area contributed by atoms with Crippen molar-refractivity contribution in [3.05, 3.63) is 48.0 Å². The summed E-state index contributed by atoms with van der Waals surface area (Å²) in [5.41, 5.74) is 7.08. The Morgan fingerprint density at radius 1 is 1.44 bits per heavy atom. The van der Waals surface area contributed by atoms with E-state index in [1.807, 2.05) is 13.0 Å². The predicted octanol–water partition coefficient (Wildman–Crippen LogP) is 1.90. The number of aromatic nitrogens is 2. The van der Waals surface area contributed by atoms with Crippen LogP contribution in [0.2, 0.25) is 0 Å². The van der Waals surface area contributed by atoms with Crippen molar-refractivity contribution < 1.29 is 4.39 Å². The van der Waals surface area contributed by atoms with Gasteiger partial charge >= 0.3 is 0 Å². The minimum absolute atomic E-state index is 0.0776. The van der Waals surface area contributed by atoms with Crippen molar-refractivity contribution in [2.24, 2.45) is 5.73 Å². The maximum Gasteiger partial charge on any atom is 0.128 e. The fourth-order valence-corrected chi connectivity index (χ4v) is 1.70. The third-order valence-corrected chi connectivity index (χ3v) is 2.37. The van der Waals surface area contributed by atoms with E-state index >= 15 is 0 Å². The monoisotopic (exact) mass is 219 g/mol. The van der Waals surface area contributed by atoms with Gasteiger partial charge in [-0.15, -0.1) is 0 Å². The number of rotatable bonds is 3. The first kappa shape index (κ1) is 10.8. The molecule has 0 spiro atoms. The van der Waals surface area contributed by atoms with Crippen molar-refractivity contribution in [1.29, 1.82) is 0 Å². The van der Waals surface area contributed by atoms with Crippen molar-refractivity contribution in [2.75, 3.05) is 0 Å². The molecule has 1 unspecified atom stereocenters. The first-order valence-corrected chi connectivity index (χ1v) is 5.21. The van der Waals surface area contributed by atoms with Crippen molar-refractivity contribution >= 4 is 0 Å². The molecule has 0 amide bonds. The molecule has 2 N–H and O–H groups in total. The van der Waals surface area contributed by atoms with E-state index in [1.165, 1.54) is 6.07 Å². The summed E-state index contributed by atoms with van der Waals surface area (Å²) in [7, 11) is 0. The summed E-state index contributed by atoms with van der Waals surface area (Å²) in [6, 6.07) is 6.70. The maximum absolute atomic E-state index is 13.7. The molecule has 0 aliphatic rings. The molecular formula is C12H14FN3. The summed E-state index contributed by atoms with van der Waals surface area (Å²) in [6.45, 7) is 1.86. The fraction of sp³-hybridized carbons (Fsp3) is 0.250. The van der Waals surface area contributed by atoms with Crippen LogP contribution >= 0.6 is 0 Å². The standard InChI is InChI=1S/C12H14FN3/c1-9(14)8-10-11(13)4-2-5-12(10)16-7-3-6-15-16/h2-7,9H,8,14H2,1H3. The van der Waals surface area contributed by atoms with Crippen molar-refractivity contribution in [1.82, 2.24) is 9.78 Å². The number of benzene rings is 1. The molecule has 0 bridgehead atoms. The smallest absolute Gasteiger partial charge is 0.128 e. The summed E-state index contributed by atoms with van der Waals surface area (Å²) >= 11 is 0. The topological polar surface area (TPSA) is 43.8 Å². The lowest BCUT2D eigenvalue weighted by atomic mass is 10.0. The number of halogens is 1. The van der Waals surface area contributed by atoms with E-state index < -0.39 is 0 Å². The van der Waals surface area contributed by atoms with Crippen LogP contribution in [-0.4, -0.2) is 15.8 Å². The number of nitrogens with two attached hydrogens (primary N) is 1.